The van der Waals surface area contributed by atoms with E-state index in [1.165, 1.54) is 0 Å². The van der Waals surface area contributed by atoms with Crippen LogP contribution in [0.1, 0.15) is 27.7 Å². The Balaban J connectivity index is 1.72. The van der Waals surface area contributed by atoms with Crippen LogP contribution in [0.2, 0.25) is 0 Å². The fourth-order valence-corrected chi connectivity index (χ4v) is 3.81. The minimum Gasteiger partial charge on any atom is -0.455 e. The predicted octanol–water partition coefficient (Wildman–Crippen LogP) is 5.55. The number of hydrogen-bond acceptors (Lipinski definition) is 3. The van der Waals surface area contributed by atoms with Crippen molar-refractivity contribution in [1.29, 1.82) is 0 Å². The Labute approximate surface area is 165 Å². The highest BCUT2D eigenvalue weighted by Gasteiger charge is 2.52. The molecule has 3 aromatic carbocycles. The van der Waals surface area contributed by atoms with Crippen molar-refractivity contribution in [2.45, 2.75) is 38.9 Å². The average molecular weight is 370 g/mol. The minimum atomic E-state index is -0.408. The lowest BCUT2D eigenvalue weighted by Crippen LogP contribution is -2.41. The van der Waals surface area contributed by atoms with E-state index < -0.39 is 7.12 Å². The Kier molecular flexibility index (Phi) is 3.74. The van der Waals surface area contributed by atoms with Crippen molar-refractivity contribution in [2.24, 2.45) is 0 Å². The third-order valence-electron chi connectivity index (χ3n) is 6.12. The first-order valence-corrected chi connectivity index (χ1v) is 9.72. The highest BCUT2D eigenvalue weighted by Crippen LogP contribution is 2.38. The van der Waals surface area contributed by atoms with Gasteiger partial charge in [-0.05, 0) is 44.6 Å². The van der Waals surface area contributed by atoms with Crippen molar-refractivity contribution in [2.75, 3.05) is 0 Å². The molecule has 28 heavy (non-hydrogen) atoms. The third-order valence-corrected chi connectivity index (χ3v) is 6.12. The van der Waals surface area contributed by atoms with E-state index in [-0.39, 0.29) is 11.2 Å². The Morgan fingerprint density at radius 1 is 0.714 bits per heavy atom. The summed E-state index contributed by atoms with van der Waals surface area (Å²) >= 11 is 0. The molecule has 1 saturated heterocycles. The molecule has 0 N–H and O–H groups in total. The van der Waals surface area contributed by atoms with Crippen LogP contribution in [-0.2, 0) is 9.31 Å². The van der Waals surface area contributed by atoms with Gasteiger partial charge < -0.3 is 13.7 Å². The number of benzene rings is 3. The van der Waals surface area contributed by atoms with E-state index in [1.54, 1.807) is 0 Å². The van der Waals surface area contributed by atoms with Crippen LogP contribution in [0.5, 0.6) is 0 Å². The summed E-state index contributed by atoms with van der Waals surface area (Å²) in [4.78, 5) is 0. The molecule has 0 radical (unpaired) electrons. The van der Waals surface area contributed by atoms with Crippen LogP contribution in [-0.4, -0.2) is 18.3 Å². The Morgan fingerprint density at radius 2 is 1.32 bits per heavy atom. The SMILES string of the molecule is CC1(C)OB(c2cc3cc(-c4ccccc4)oc3c3ccccc23)OC1(C)C. The molecule has 0 bridgehead atoms. The van der Waals surface area contributed by atoms with Gasteiger partial charge in [-0.2, -0.15) is 0 Å². The normalized spacial score (nSPS) is 18.2. The zero-order chi connectivity index (χ0) is 19.5. The minimum absolute atomic E-state index is 0.376. The van der Waals surface area contributed by atoms with Crippen molar-refractivity contribution in [3.8, 4) is 11.3 Å². The maximum Gasteiger partial charge on any atom is 0.495 e. The van der Waals surface area contributed by atoms with Crippen molar-refractivity contribution in [1.82, 2.24) is 0 Å². The van der Waals surface area contributed by atoms with Crippen molar-refractivity contribution in [3.05, 3.63) is 66.7 Å². The summed E-state index contributed by atoms with van der Waals surface area (Å²) < 4.78 is 19.0. The maximum atomic E-state index is 6.35. The van der Waals surface area contributed by atoms with Crippen LogP contribution in [0.25, 0.3) is 33.1 Å². The second kappa shape index (κ2) is 5.97. The maximum absolute atomic E-state index is 6.35. The van der Waals surface area contributed by atoms with Crippen LogP contribution in [0.3, 0.4) is 0 Å². The van der Waals surface area contributed by atoms with Gasteiger partial charge >= 0.3 is 7.12 Å². The van der Waals surface area contributed by atoms with E-state index in [1.807, 2.05) is 30.3 Å². The van der Waals surface area contributed by atoms with E-state index in [0.717, 1.165) is 38.5 Å². The summed E-state index contributed by atoms with van der Waals surface area (Å²) in [6.45, 7) is 8.33. The number of furan rings is 1. The molecule has 0 atom stereocenters. The number of rotatable bonds is 2. The molecular weight excluding hydrogens is 347 g/mol. The van der Waals surface area contributed by atoms with Gasteiger partial charge in [0.05, 0.1) is 11.2 Å². The first-order chi connectivity index (χ1) is 13.4. The smallest absolute Gasteiger partial charge is 0.455 e. The average Bonchev–Trinajstić information content (AvgIpc) is 3.20. The molecule has 3 nitrogen and oxygen atoms in total. The Hall–Kier alpha value is -2.56. The van der Waals surface area contributed by atoms with Crippen LogP contribution < -0.4 is 5.46 Å². The molecule has 0 saturated carbocycles. The van der Waals surface area contributed by atoms with Crippen molar-refractivity contribution < 1.29 is 13.7 Å². The second-order valence-corrected chi connectivity index (χ2v) is 8.49. The van der Waals surface area contributed by atoms with Gasteiger partial charge in [0, 0.05) is 16.3 Å². The topological polar surface area (TPSA) is 31.6 Å². The van der Waals surface area contributed by atoms with Crippen molar-refractivity contribution >= 4 is 34.3 Å². The van der Waals surface area contributed by atoms with Gasteiger partial charge in [-0.3, -0.25) is 0 Å². The molecule has 0 amide bonds. The molecule has 1 fully saturated rings. The fraction of sp³-hybridized carbons (Fsp3) is 0.250. The second-order valence-electron chi connectivity index (χ2n) is 8.49. The summed E-state index contributed by atoms with van der Waals surface area (Å²) in [5, 5.41) is 3.23. The first-order valence-electron chi connectivity index (χ1n) is 9.72. The van der Waals surface area contributed by atoms with Crippen LogP contribution >= 0.6 is 0 Å². The zero-order valence-electron chi connectivity index (χ0n) is 16.7. The van der Waals surface area contributed by atoms with Gasteiger partial charge in [-0.25, -0.2) is 0 Å². The van der Waals surface area contributed by atoms with E-state index in [9.17, 15) is 0 Å². The zero-order valence-corrected chi connectivity index (χ0v) is 16.7. The van der Waals surface area contributed by atoms with Crippen LogP contribution in [0.15, 0.2) is 71.1 Å². The van der Waals surface area contributed by atoms with Crippen molar-refractivity contribution in [3.63, 3.8) is 0 Å². The Bertz CT molecular complexity index is 1160. The molecule has 2 heterocycles. The largest absolute Gasteiger partial charge is 0.495 e. The van der Waals surface area contributed by atoms with E-state index in [0.29, 0.717) is 0 Å². The van der Waals surface area contributed by atoms with Gasteiger partial charge in [0.2, 0.25) is 0 Å². The summed E-state index contributed by atoms with van der Waals surface area (Å²) in [5.41, 5.74) is 2.26. The molecule has 140 valence electrons. The molecule has 0 unspecified atom stereocenters. The summed E-state index contributed by atoms with van der Waals surface area (Å²) in [6.07, 6.45) is 0. The summed E-state index contributed by atoms with van der Waals surface area (Å²) in [7, 11) is -0.408. The standard InChI is InChI=1S/C24H23BO3/c1-23(2)24(3,4)28-25(27-23)20-14-17-15-21(16-10-6-5-7-11-16)26-22(17)19-13-9-8-12-18(19)20/h5-15H,1-4H3. The molecule has 1 aliphatic heterocycles. The summed E-state index contributed by atoms with van der Waals surface area (Å²) in [6, 6.07) is 22.7. The lowest BCUT2D eigenvalue weighted by molar-refractivity contribution is 0.00578. The third kappa shape index (κ3) is 2.60. The van der Waals surface area contributed by atoms with Gasteiger partial charge in [0.15, 0.2) is 0 Å². The summed E-state index contributed by atoms with van der Waals surface area (Å²) in [5.74, 6) is 0.867. The highest BCUT2D eigenvalue weighted by molar-refractivity contribution is 6.65. The van der Waals surface area contributed by atoms with E-state index >= 15 is 0 Å². The number of hydrogen-bond donors (Lipinski definition) is 0. The number of fused-ring (bicyclic) bond motifs is 3. The Morgan fingerprint density at radius 3 is 2.00 bits per heavy atom. The lowest BCUT2D eigenvalue weighted by atomic mass is 9.75. The first kappa shape index (κ1) is 17.5. The molecule has 5 rings (SSSR count). The van der Waals surface area contributed by atoms with Gasteiger partial charge in [0.1, 0.15) is 11.3 Å². The van der Waals surface area contributed by atoms with Gasteiger partial charge in [-0.15, -0.1) is 0 Å². The molecule has 4 aromatic rings. The predicted molar refractivity (Wildman–Crippen MR) is 115 cm³/mol. The van der Waals surface area contributed by atoms with E-state index in [4.69, 9.17) is 13.7 Å². The molecule has 0 spiro atoms. The highest BCUT2D eigenvalue weighted by atomic mass is 16.7. The van der Waals surface area contributed by atoms with Crippen LogP contribution in [0.4, 0.5) is 0 Å². The van der Waals surface area contributed by atoms with Crippen LogP contribution in [0, 0.1) is 0 Å². The lowest BCUT2D eigenvalue weighted by Gasteiger charge is -2.32. The monoisotopic (exact) mass is 370 g/mol. The van der Waals surface area contributed by atoms with Gasteiger partial charge in [0.25, 0.3) is 0 Å². The molecular formula is C24H23BO3. The molecule has 4 heteroatoms. The quantitative estimate of drug-likeness (QED) is 0.434. The molecule has 0 aliphatic carbocycles. The van der Waals surface area contributed by atoms with E-state index in [2.05, 4.69) is 64.1 Å². The van der Waals surface area contributed by atoms with Gasteiger partial charge in [-0.1, -0.05) is 60.7 Å². The molecule has 1 aliphatic rings. The fourth-order valence-electron chi connectivity index (χ4n) is 3.81. The molecule has 1 aromatic heterocycles.